The quantitative estimate of drug-likeness (QED) is 0.752. The Kier molecular flexibility index (Phi) is 7.18. The summed E-state index contributed by atoms with van der Waals surface area (Å²) in [6.07, 6.45) is 5.30. The zero-order valence-electron chi connectivity index (χ0n) is 14.4. The number of primary amides is 1. The second kappa shape index (κ2) is 9.14. The number of amides is 1. The lowest BCUT2D eigenvalue weighted by molar-refractivity contribution is -0.119. The number of benzene rings is 1. The van der Waals surface area contributed by atoms with Crippen LogP contribution in [-0.2, 0) is 11.3 Å². The highest BCUT2D eigenvalue weighted by Crippen LogP contribution is 2.36. The first kappa shape index (κ1) is 18.9. The van der Waals surface area contributed by atoms with Crippen molar-refractivity contribution in [3.8, 4) is 11.5 Å². The third-order valence-corrected chi connectivity index (χ3v) is 4.74. The van der Waals surface area contributed by atoms with Gasteiger partial charge >= 0.3 is 0 Å². The molecule has 1 saturated carbocycles. The van der Waals surface area contributed by atoms with E-state index in [0.717, 1.165) is 30.5 Å². The lowest BCUT2D eigenvalue weighted by Crippen LogP contribution is -2.26. The van der Waals surface area contributed by atoms with E-state index in [1.807, 2.05) is 12.1 Å². The van der Waals surface area contributed by atoms with Crippen molar-refractivity contribution in [1.82, 2.24) is 5.32 Å². The van der Waals surface area contributed by atoms with Crippen LogP contribution in [0.3, 0.4) is 0 Å². The summed E-state index contributed by atoms with van der Waals surface area (Å²) in [5, 5.41) is 3.93. The maximum absolute atomic E-state index is 10.9. The van der Waals surface area contributed by atoms with Crippen molar-refractivity contribution in [2.24, 2.45) is 17.6 Å². The van der Waals surface area contributed by atoms with Gasteiger partial charge in [-0.25, -0.2) is 0 Å². The minimum Gasteiger partial charge on any atom is -0.493 e. The number of nitrogens with one attached hydrogen (secondary N) is 1. The third-order valence-electron chi connectivity index (χ3n) is 4.46. The predicted octanol–water partition coefficient (Wildman–Crippen LogP) is 3.13. The Balaban J connectivity index is 1.93. The van der Waals surface area contributed by atoms with Crippen LogP contribution in [0.5, 0.6) is 11.5 Å². The van der Waals surface area contributed by atoms with Crippen molar-refractivity contribution >= 4 is 17.5 Å². The number of carbonyl (C=O) groups is 1. The standard InChI is InChI=1S/C18H27ClN2O3/c1-12-4-3-5-13(6-12)9-21-10-14-7-15(19)18(16(8-14)23-2)24-11-17(20)22/h7-8,12-13,21H,3-6,9-11H2,1-2H3,(H2,20,22). The molecule has 1 aromatic carbocycles. The zero-order chi connectivity index (χ0) is 17.5. The van der Waals surface area contributed by atoms with Gasteiger partial charge in [0.1, 0.15) is 0 Å². The van der Waals surface area contributed by atoms with Gasteiger partial charge in [0.2, 0.25) is 0 Å². The van der Waals surface area contributed by atoms with Crippen LogP contribution in [0.15, 0.2) is 12.1 Å². The molecule has 1 fully saturated rings. The van der Waals surface area contributed by atoms with E-state index in [1.165, 1.54) is 25.7 Å². The zero-order valence-corrected chi connectivity index (χ0v) is 15.2. The molecular formula is C18H27ClN2O3. The molecule has 0 aliphatic heterocycles. The predicted molar refractivity (Wildman–Crippen MR) is 95.5 cm³/mol. The van der Waals surface area contributed by atoms with Crippen LogP contribution in [-0.4, -0.2) is 26.2 Å². The summed E-state index contributed by atoms with van der Waals surface area (Å²) in [6.45, 7) is 3.84. The van der Waals surface area contributed by atoms with Crippen LogP contribution in [0.1, 0.15) is 38.2 Å². The van der Waals surface area contributed by atoms with Gasteiger partial charge in [0.25, 0.3) is 5.91 Å². The number of nitrogens with two attached hydrogens (primary N) is 1. The van der Waals surface area contributed by atoms with E-state index < -0.39 is 5.91 Å². The Hall–Kier alpha value is -1.46. The molecule has 2 atom stereocenters. The number of methoxy groups -OCH3 is 1. The molecule has 1 aliphatic rings. The maximum Gasteiger partial charge on any atom is 0.255 e. The first-order valence-corrected chi connectivity index (χ1v) is 8.85. The van der Waals surface area contributed by atoms with Gasteiger partial charge in [-0.1, -0.05) is 31.4 Å². The smallest absolute Gasteiger partial charge is 0.255 e. The summed E-state index contributed by atoms with van der Waals surface area (Å²) >= 11 is 6.26. The van der Waals surface area contributed by atoms with Crippen LogP contribution in [0.2, 0.25) is 5.02 Å². The summed E-state index contributed by atoms with van der Waals surface area (Å²) < 4.78 is 10.7. The van der Waals surface area contributed by atoms with Crippen molar-refractivity contribution in [1.29, 1.82) is 0 Å². The molecule has 1 aromatic rings. The fourth-order valence-corrected chi connectivity index (χ4v) is 3.61. The van der Waals surface area contributed by atoms with E-state index in [9.17, 15) is 4.79 Å². The summed E-state index contributed by atoms with van der Waals surface area (Å²) in [5.41, 5.74) is 6.12. The van der Waals surface area contributed by atoms with Crippen LogP contribution < -0.4 is 20.5 Å². The Morgan fingerprint density at radius 1 is 1.42 bits per heavy atom. The van der Waals surface area contributed by atoms with Crippen molar-refractivity contribution < 1.29 is 14.3 Å². The molecule has 5 nitrogen and oxygen atoms in total. The van der Waals surface area contributed by atoms with Crippen LogP contribution >= 0.6 is 11.6 Å². The van der Waals surface area contributed by atoms with E-state index in [4.69, 9.17) is 26.8 Å². The Bertz CT molecular complexity index is 565. The van der Waals surface area contributed by atoms with Crippen molar-refractivity contribution in [2.45, 2.75) is 39.2 Å². The van der Waals surface area contributed by atoms with Gasteiger partial charge in [0.05, 0.1) is 12.1 Å². The van der Waals surface area contributed by atoms with Gasteiger partial charge in [-0.15, -0.1) is 0 Å². The molecule has 134 valence electrons. The van der Waals surface area contributed by atoms with Gasteiger partial charge in [-0.05, 0) is 48.9 Å². The highest BCUT2D eigenvalue weighted by atomic mass is 35.5. The minimum atomic E-state index is -0.555. The minimum absolute atomic E-state index is 0.229. The second-order valence-electron chi connectivity index (χ2n) is 6.63. The number of hydrogen-bond donors (Lipinski definition) is 2. The average Bonchev–Trinajstić information content (AvgIpc) is 2.53. The molecule has 0 aromatic heterocycles. The van der Waals surface area contributed by atoms with Crippen molar-refractivity contribution in [2.75, 3.05) is 20.3 Å². The molecule has 3 N–H and O–H groups in total. The highest BCUT2D eigenvalue weighted by molar-refractivity contribution is 6.32. The lowest BCUT2D eigenvalue weighted by Gasteiger charge is -2.26. The van der Waals surface area contributed by atoms with Crippen LogP contribution in [0.4, 0.5) is 0 Å². The molecule has 1 aliphatic carbocycles. The van der Waals surface area contributed by atoms with E-state index >= 15 is 0 Å². The molecule has 6 heteroatoms. The Morgan fingerprint density at radius 3 is 2.88 bits per heavy atom. The topological polar surface area (TPSA) is 73.6 Å². The van der Waals surface area contributed by atoms with Gasteiger partial charge in [-0.3, -0.25) is 4.79 Å². The first-order chi connectivity index (χ1) is 11.5. The SMILES string of the molecule is COc1cc(CNCC2CCCC(C)C2)cc(Cl)c1OCC(N)=O. The van der Waals surface area contributed by atoms with Gasteiger partial charge in [0, 0.05) is 6.54 Å². The first-order valence-electron chi connectivity index (χ1n) is 8.47. The summed E-state index contributed by atoms with van der Waals surface area (Å²) in [5.74, 6) is 1.89. The maximum atomic E-state index is 10.9. The number of halogens is 1. The molecule has 2 unspecified atom stereocenters. The Morgan fingerprint density at radius 2 is 2.21 bits per heavy atom. The third kappa shape index (κ3) is 5.56. The van der Waals surface area contributed by atoms with E-state index in [-0.39, 0.29) is 6.61 Å². The van der Waals surface area contributed by atoms with Crippen LogP contribution in [0.25, 0.3) is 0 Å². The average molecular weight is 355 g/mol. The van der Waals surface area contributed by atoms with Crippen molar-refractivity contribution in [3.63, 3.8) is 0 Å². The summed E-state index contributed by atoms with van der Waals surface area (Å²) in [4.78, 5) is 10.9. The molecule has 0 radical (unpaired) electrons. The van der Waals surface area contributed by atoms with E-state index in [2.05, 4.69) is 12.2 Å². The molecule has 0 heterocycles. The molecule has 0 bridgehead atoms. The monoisotopic (exact) mass is 354 g/mol. The highest BCUT2D eigenvalue weighted by Gasteiger charge is 2.18. The number of ether oxygens (including phenoxy) is 2. The molecule has 0 spiro atoms. The van der Waals surface area contributed by atoms with E-state index in [0.29, 0.717) is 16.5 Å². The molecular weight excluding hydrogens is 328 g/mol. The van der Waals surface area contributed by atoms with E-state index in [1.54, 1.807) is 7.11 Å². The fraction of sp³-hybridized carbons (Fsp3) is 0.611. The number of carbonyl (C=O) groups excluding carboxylic acids is 1. The molecule has 2 rings (SSSR count). The molecule has 24 heavy (non-hydrogen) atoms. The second-order valence-corrected chi connectivity index (χ2v) is 7.04. The Labute approximate surface area is 148 Å². The fourth-order valence-electron chi connectivity index (χ4n) is 3.32. The number of hydrogen-bond acceptors (Lipinski definition) is 4. The van der Waals surface area contributed by atoms with Crippen LogP contribution in [0, 0.1) is 11.8 Å². The van der Waals surface area contributed by atoms with Gasteiger partial charge < -0.3 is 20.5 Å². The van der Waals surface area contributed by atoms with Gasteiger partial charge in [-0.2, -0.15) is 0 Å². The lowest BCUT2D eigenvalue weighted by atomic mass is 9.82. The summed E-state index contributed by atoms with van der Waals surface area (Å²) in [6, 6.07) is 3.70. The van der Waals surface area contributed by atoms with Crippen molar-refractivity contribution in [3.05, 3.63) is 22.7 Å². The largest absolute Gasteiger partial charge is 0.493 e. The normalized spacial score (nSPS) is 20.6. The van der Waals surface area contributed by atoms with Gasteiger partial charge in [0.15, 0.2) is 18.1 Å². The number of rotatable bonds is 8. The molecule has 0 saturated heterocycles. The molecule has 1 amide bonds. The summed E-state index contributed by atoms with van der Waals surface area (Å²) in [7, 11) is 1.55.